The minimum absolute atomic E-state index is 0.289. The average Bonchev–Trinajstić information content (AvgIpc) is 2.87. The predicted molar refractivity (Wildman–Crippen MR) is 67.6 cm³/mol. The van der Waals surface area contributed by atoms with E-state index in [1.807, 2.05) is 0 Å². The number of benzene rings is 1. The lowest BCUT2D eigenvalue weighted by atomic mass is 10.2. The molecule has 0 aliphatic carbocycles. The summed E-state index contributed by atoms with van der Waals surface area (Å²) in [5.41, 5.74) is 1.52. The van der Waals surface area contributed by atoms with Crippen LogP contribution in [0.5, 0.6) is 0 Å². The smallest absolute Gasteiger partial charge is 0.181 e. The molecule has 1 aromatic carbocycles. The average molecular weight is 274 g/mol. The number of aromatic nitrogens is 4. The highest BCUT2D eigenvalue weighted by Crippen LogP contribution is 2.30. The van der Waals surface area contributed by atoms with Gasteiger partial charge in [-0.3, -0.25) is 4.79 Å². The van der Waals surface area contributed by atoms with Crippen molar-refractivity contribution in [2.75, 3.05) is 0 Å². The third-order valence-corrected chi connectivity index (χ3v) is 3.41. The molecule has 0 radical (unpaired) electrons. The maximum atomic E-state index is 13.3. The van der Waals surface area contributed by atoms with Gasteiger partial charge in [0.1, 0.15) is 29.0 Å². The third kappa shape index (κ3) is 2.32. The van der Waals surface area contributed by atoms with E-state index in [4.69, 9.17) is 0 Å². The van der Waals surface area contributed by atoms with E-state index in [0.717, 1.165) is 0 Å². The zero-order valence-corrected chi connectivity index (χ0v) is 10.3. The number of nitrogens with zero attached hydrogens (tertiary/aromatic N) is 3. The number of fused-ring (bicyclic) bond motifs is 1. The number of carbonyl (C=O) groups is 1. The van der Waals surface area contributed by atoms with E-state index in [2.05, 4.69) is 19.9 Å². The Morgan fingerprint density at radius 2 is 2.11 bits per heavy atom. The Balaban J connectivity index is 2.03. The van der Waals surface area contributed by atoms with Crippen molar-refractivity contribution in [1.82, 2.24) is 19.9 Å². The van der Waals surface area contributed by atoms with E-state index < -0.39 is 5.82 Å². The number of halogens is 1. The second-order valence-corrected chi connectivity index (χ2v) is 4.78. The molecule has 94 valence electrons. The number of imidazole rings is 1. The number of aldehydes is 1. The number of carbonyl (C=O) groups excluding carboxylic acids is 1. The molecule has 0 fully saturated rings. The number of nitrogens with one attached hydrogen (secondary N) is 1. The summed E-state index contributed by atoms with van der Waals surface area (Å²) in [6, 6.07) is 4.13. The molecule has 1 N–H and O–H groups in total. The summed E-state index contributed by atoms with van der Waals surface area (Å²) in [4.78, 5) is 26.4. The maximum absolute atomic E-state index is 13.3. The zero-order chi connectivity index (χ0) is 13.2. The van der Waals surface area contributed by atoms with Crippen LogP contribution >= 0.6 is 11.8 Å². The van der Waals surface area contributed by atoms with Crippen molar-refractivity contribution in [2.45, 2.75) is 9.92 Å². The fourth-order valence-electron chi connectivity index (χ4n) is 1.64. The van der Waals surface area contributed by atoms with Crippen molar-refractivity contribution in [3.8, 4) is 0 Å². The van der Waals surface area contributed by atoms with Crippen molar-refractivity contribution in [3.05, 3.63) is 42.2 Å². The predicted octanol–water partition coefficient (Wildman–Crippen LogP) is 2.46. The molecule has 0 saturated carbocycles. The summed E-state index contributed by atoms with van der Waals surface area (Å²) in [5.74, 6) is -0.456. The summed E-state index contributed by atoms with van der Waals surface area (Å²) >= 11 is 1.24. The van der Waals surface area contributed by atoms with Gasteiger partial charge in [0, 0.05) is 10.5 Å². The van der Waals surface area contributed by atoms with Gasteiger partial charge in [-0.15, -0.1) is 0 Å². The van der Waals surface area contributed by atoms with Gasteiger partial charge in [0.2, 0.25) is 0 Å². The van der Waals surface area contributed by atoms with Crippen molar-refractivity contribution in [2.24, 2.45) is 0 Å². The fraction of sp³-hybridized carbons (Fsp3) is 0. The van der Waals surface area contributed by atoms with Crippen LogP contribution in [0, 0.1) is 5.82 Å². The van der Waals surface area contributed by atoms with Gasteiger partial charge in [-0.1, -0.05) is 11.8 Å². The summed E-state index contributed by atoms with van der Waals surface area (Å²) in [7, 11) is 0. The first-order valence-electron chi connectivity index (χ1n) is 5.34. The summed E-state index contributed by atoms with van der Waals surface area (Å²) in [5, 5.41) is 0.630. The first kappa shape index (κ1) is 11.8. The van der Waals surface area contributed by atoms with Crippen LogP contribution in [0.3, 0.4) is 0 Å². The first-order chi connectivity index (χ1) is 9.26. The molecule has 5 nitrogen and oxygen atoms in total. The number of hydrogen-bond acceptors (Lipinski definition) is 5. The molecular weight excluding hydrogens is 267 g/mol. The molecule has 0 bridgehead atoms. The Hall–Kier alpha value is -2.28. The summed E-state index contributed by atoms with van der Waals surface area (Å²) < 4.78 is 13.3. The van der Waals surface area contributed by atoms with E-state index >= 15 is 0 Å². The number of H-pyrrole nitrogens is 1. The SMILES string of the molecule is O=Cc1cc(F)cc(Sc2ncnc3nc[nH]c23)c1. The minimum Gasteiger partial charge on any atom is -0.341 e. The molecule has 0 amide bonds. The van der Waals surface area contributed by atoms with Crippen LogP contribution in [0.15, 0.2) is 40.8 Å². The third-order valence-electron chi connectivity index (χ3n) is 2.43. The molecule has 19 heavy (non-hydrogen) atoms. The normalized spacial score (nSPS) is 10.8. The van der Waals surface area contributed by atoms with Gasteiger partial charge < -0.3 is 4.98 Å². The fourth-order valence-corrected chi connectivity index (χ4v) is 2.59. The van der Waals surface area contributed by atoms with E-state index in [-0.39, 0.29) is 5.56 Å². The Bertz CT molecular complexity index is 758. The van der Waals surface area contributed by atoms with Gasteiger partial charge >= 0.3 is 0 Å². The highest BCUT2D eigenvalue weighted by Gasteiger charge is 2.09. The van der Waals surface area contributed by atoms with Crippen LogP contribution in [-0.2, 0) is 0 Å². The maximum Gasteiger partial charge on any atom is 0.181 e. The standard InChI is InChI=1S/C12H7FN4OS/c13-8-1-7(4-18)2-9(3-8)19-12-10-11(15-5-14-10)16-6-17-12/h1-6H,(H,14,15,16,17). The highest BCUT2D eigenvalue weighted by atomic mass is 32.2. The van der Waals surface area contributed by atoms with Crippen molar-refractivity contribution in [3.63, 3.8) is 0 Å². The second kappa shape index (κ2) is 4.77. The topological polar surface area (TPSA) is 71.5 Å². The molecule has 0 atom stereocenters. The van der Waals surface area contributed by atoms with E-state index in [1.165, 1.54) is 36.5 Å². The molecule has 0 saturated heterocycles. The molecule has 0 spiro atoms. The second-order valence-electron chi connectivity index (χ2n) is 3.72. The van der Waals surface area contributed by atoms with Crippen LogP contribution < -0.4 is 0 Å². The minimum atomic E-state index is -0.456. The molecule has 2 heterocycles. The first-order valence-corrected chi connectivity index (χ1v) is 6.15. The van der Waals surface area contributed by atoms with E-state index in [9.17, 15) is 9.18 Å². The van der Waals surface area contributed by atoms with Gasteiger partial charge in [0.25, 0.3) is 0 Å². The summed E-state index contributed by atoms with van der Waals surface area (Å²) in [6.45, 7) is 0. The van der Waals surface area contributed by atoms with Crippen LogP contribution in [-0.4, -0.2) is 26.2 Å². The van der Waals surface area contributed by atoms with Gasteiger partial charge in [0.05, 0.1) is 6.33 Å². The molecule has 0 aliphatic rings. The van der Waals surface area contributed by atoms with E-state index in [0.29, 0.717) is 27.4 Å². The van der Waals surface area contributed by atoms with Crippen LogP contribution in [0.25, 0.3) is 11.2 Å². The summed E-state index contributed by atoms with van der Waals surface area (Å²) in [6.07, 6.45) is 3.52. The van der Waals surface area contributed by atoms with Gasteiger partial charge in [0.15, 0.2) is 5.65 Å². The monoisotopic (exact) mass is 274 g/mol. The zero-order valence-electron chi connectivity index (χ0n) is 9.50. The molecule has 2 aromatic heterocycles. The molecule has 7 heteroatoms. The van der Waals surface area contributed by atoms with Crippen LogP contribution in [0.1, 0.15) is 10.4 Å². The Labute approximate surface area is 111 Å². The van der Waals surface area contributed by atoms with Gasteiger partial charge in [-0.05, 0) is 18.2 Å². The lowest BCUT2D eigenvalue weighted by molar-refractivity contribution is 0.112. The largest absolute Gasteiger partial charge is 0.341 e. The van der Waals surface area contributed by atoms with Crippen LogP contribution in [0.4, 0.5) is 4.39 Å². The lowest BCUT2D eigenvalue weighted by Gasteiger charge is -2.02. The quantitative estimate of drug-likeness (QED) is 0.586. The molecule has 3 rings (SSSR count). The molecule has 0 unspecified atom stereocenters. The lowest BCUT2D eigenvalue weighted by Crippen LogP contribution is -1.88. The van der Waals surface area contributed by atoms with Gasteiger partial charge in [-0.2, -0.15) is 0 Å². The molecular formula is C12H7FN4OS. The number of rotatable bonds is 3. The van der Waals surface area contributed by atoms with Crippen molar-refractivity contribution < 1.29 is 9.18 Å². The Morgan fingerprint density at radius 1 is 1.21 bits per heavy atom. The molecule has 0 aliphatic heterocycles. The number of aromatic amines is 1. The van der Waals surface area contributed by atoms with Crippen molar-refractivity contribution in [1.29, 1.82) is 0 Å². The van der Waals surface area contributed by atoms with Crippen molar-refractivity contribution >= 4 is 29.2 Å². The van der Waals surface area contributed by atoms with Gasteiger partial charge in [-0.25, -0.2) is 19.3 Å². The highest BCUT2D eigenvalue weighted by molar-refractivity contribution is 7.99. The van der Waals surface area contributed by atoms with Crippen LogP contribution in [0.2, 0.25) is 0 Å². The Morgan fingerprint density at radius 3 is 2.95 bits per heavy atom. The number of hydrogen-bond donors (Lipinski definition) is 1. The Kier molecular flexibility index (Phi) is 2.96. The van der Waals surface area contributed by atoms with E-state index in [1.54, 1.807) is 6.07 Å². The molecule has 3 aromatic rings.